The maximum Gasteiger partial charge on any atom is 0.299 e. The number of fused-ring (bicyclic) bond motifs is 1. The smallest absolute Gasteiger partial charge is 0.299 e. The topological polar surface area (TPSA) is 80.8 Å². The molecule has 21 heavy (non-hydrogen) atoms. The highest BCUT2D eigenvalue weighted by atomic mass is 32.2. The molecule has 0 bridgehead atoms. The fraction of sp³-hybridized carbons (Fsp3) is 0.429. The van der Waals surface area contributed by atoms with Crippen molar-refractivity contribution in [2.45, 2.75) is 13.3 Å². The number of benzene rings is 1. The molecule has 0 N–H and O–H groups in total. The lowest BCUT2D eigenvalue weighted by atomic mass is 10.1. The number of ketones is 1. The number of ether oxygens (including phenoxy) is 1. The van der Waals surface area contributed by atoms with E-state index in [9.17, 15) is 18.0 Å². The molecular formula is C14H17NO5S. The van der Waals surface area contributed by atoms with E-state index in [1.54, 1.807) is 19.1 Å². The van der Waals surface area contributed by atoms with Crippen LogP contribution in [0.15, 0.2) is 18.2 Å². The Bertz CT molecular complexity index is 681. The van der Waals surface area contributed by atoms with Gasteiger partial charge in [0.05, 0.1) is 24.1 Å². The highest BCUT2D eigenvalue weighted by molar-refractivity contribution is 7.91. The molecule has 1 amide bonds. The zero-order chi connectivity index (χ0) is 15.6. The maximum atomic E-state index is 12.0. The van der Waals surface area contributed by atoms with Gasteiger partial charge in [-0.15, -0.1) is 0 Å². The number of hydrogen-bond donors (Lipinski definition) is 0. The maximum absolute atomic E-state index is 12.0. The van der Waals surface area contributed by atoms with Crippen LogP contribution in [0.1, 0.15) is 23.7 Å². The van der Waals surface area contributed by atoms with Crippen molar-refractivity contribution in [2.24, 2.45) is 0 Å². The monoisotopic (exact) mass is 311 g/mol. The number of rotatable bonds is 6. The summed E-state index contributed by atoms with van der Waals surface area (Å²) in [5, 5.41) is 0. The van der Waals surface area contributed by atoms with Crippen molar-refractivity contribution in [1.29, 1.82) is 0 Å². The number of anilines is 1. The highest BCUT2D eigenvalue weighted by Gasteiger charge is 2.36. The molecule has 1 aromatic carbocycles. The van der Waals surface area contributed by atoms with E-state index in [0.717, 1.165) is 0 Å². The van der Waals surface area contributed by atoms with E-state index in [2.05, 4.69) is 0 Å². The molecule has 1 aromatic rings. The third-order valence-corrected chi connectivity index (χ3v) is 5.16. The van der Waals surface area contributed by atoms with Gasteiger partial charge in [-0.05, 0) is 18.6 Å². The van der Waals surface area contributed by atoms with Gasteiger partial charge < -0.3 is 9.64 Å². The number of Topliss-reactive ketones (excluding diaryl/α,β-unsaturated/α-hetero) is 1. The van der Waals surface area contributed by atoms with Crippen LogP contribution in [0.25, 0.3) is 0 Å². The summed E-state index contributed by atoms with van der Waals surface area (Å²) in [6.07, 6.45) is 0.527. The van der Waals surface area contributed by atoms with Gasteiger partial charge in [0.15, 0.2) is 9.84 Å². The average molecular weight is 311 g/mol. The van der Waals surface area contributed by atoms with E-state index in [4.69, 9.17) is 4.74 Å². The van der Waals surface area contributed by atoms with Crippen LogP contribution in [0, 0.1) is 0 Å². The first-order chi connectivity index (χ1) is 9.89. The zero-order valence-electron chi connectivity index (χ0n) is 12.0. The minimum absolute atomic E-state index is 0.0208. The second-order valence-corrected chi connectivity index (χ2v) is 7.12. The summed E-state index contributed by atoms with van der Waals surface area (Å²) in [4.78, 5) is 25.1. The molecule has 1 aliphatic rings. The van der Waals surface area contributed by atoms with E-state index in [1.165, 1.54) is 18.1 Å². The minimum Gasteiger partial charge on any atom is -0.497 e. The normalized spacial score (nSPS) is 14.5. The zero-order valence-corrected chi connectivity index (χ0v) is 12.8. The van der Waals surface area contributed by atoms with Crippen LogP contribution in [-0.2, 0) is 14.6 Å². The van der Waals surface area contributed by atoms with Gasteiger partial charge in [-0.1, -0.05) is 6.92 Å². The molecule has 6 nitrogen and oxygen atoms in total. The van der Waals surface area contributed by atoms with Crippen LogP contribution in [0.5, 0.6) is 5.75 Å². The molecule has 0 spiro atoms. The Morgan fingerprint density at radius 1 is 1.19 bits per heavy atom. The van der Waals surface area contributed by atoms with Crippen molar-refractivity contribution >= 4 is 27.2 Å². The molecule has 0 fully saturated rings. The second kappa shape index (κ2) is 5.85. The van der Waals surface area contributed by atoms with Crippen LogP contribution in [0.3, 0.4) is 0 Å². The predicted molar refractivity (Wildman–Crippen MR) is 78.6 cm³/mol. The number of amides is 1. The van der Waals surface area contributed by atoms with E-state index in [1.807, 2.05) is 0 Å². The Labute approximate surface area is 123 Å². The molecule has 0 radical (unpaired) electrons. The van der Waals surface area contributed by atoms with Gasteiger partial charge in [-0.2, -0.15) is 0 Å². The summed E-state index contributed by atoms with van der Waals surface area (Å²) < 4.78 is 28.6. The second-order valence-electron chi connectivity index (χ2n) is 4.82. The van der Waals surface area contributed by atoms with Crippen molar-refractivity contribution in [3.05, 3.63) is 23.8 Å². The van der Waals surface area contributed by atoms with Crippen LogP contribution < -0.4 is 9.64 Å². The van der Waals surface area contributed by atoms with Crippen molar-refractivity contribution in [3.63, 3.8) is 0 Å². The molecule has 0 atom stereocenters. The third-order valence-electron chi connectivity index (χ3n) is 3.32. The molecule has 0 aliphatic carbocycles. The number of nitrogens with zero attached hydrogens (tertiary/aromatic N) is 1. The Morgan fingerprint density at radius 2 is 1.90 bits per heavy atom. The van der Waals surface area contributed by atoms with E-state index in [0.29, 0.717) is 17.9 Å². The fourth-order valence-electron chi connectivity index (χ4n) is 2.27. The quantitative estimate of drug-likeness (QED) is 0.734. The average Bonchev–Trinajstić information content (AvgIpc) is 2.68. The minimum atomic E-state index is -3.21. The van der Waals surface area contributed by atoms with Crippen molar-refractivity contribution in [1.82, 2.24) is 0 Å². The number of sulfone groups is 1. The first-order valence-corrected chi connectivity index (χ1v) is 8.46. The van der Waals surface area contributed by atoms with Gasteiger partial charge in [0.25, 0.3) is 11.7 Å². The van der Waals surface area contributed by atoms with Crippen molar-refractivity contribution < 1.29 is 22.7 Å². The lowest BCUT2D eigenvalue weighted by molar-refractivity contribution is -0.114. The van der Waals surface area contributed by atoms with Gasteiger partial charge in [-0.3, -0.25) is 9.59 Å². The first kappa shape index (κ1) is 15.5. The molecule has 114 valence electrons. The van der Waals surface area contributed by atoms with Gasteiger partial charge in [-0.25, -0.2) is 8.42 Å². The first-order valence-electron chi connectivity index (χ1n) is 6.64. The molecule has 2 rings (SSSR count). The Balaban J connectivity index is 2.26. The van der Waals surface area contributed by atoms with Gasteiger partial charge >= 0.3 is 0 Å². The van der Waals surface area contributed by atoms with Crippen LogP contribution >= 0.6 is 0 Å². The summed E-state index contributed by atoms with van der Waals surface area (Å²) in [6.45, 7) is 1.76. The number of methoxy groups -OCH3 is 1. The van der Waals surface area contributed by atoms with E-state index < -0.39 is 21.5 Å². The number of carbonyl (C=O) groups is 2. The Morgan fingerprint density at radius 3 is 2.52 bits per heavy atom. The van der Waals surface area contributed by atoms with Crippen molar-refractivity contribution in [2.75, 3.05) is 30.1 Å². The van der Waals surface area contributed by atoms with E-state index >= 15 is 0 Å². The summed E-state index contributed by atoms with van der Waals surface area (Å²) in [7, 11) is -1.73. The highest BCUT2D eigenvalue weighted by Crippen LogP contribution is 2.32. The molecule has 1 heterocycles. The molecule has 7 heteroatoms. The molecule has 0 aromatic heterocycles. The Hall–Kier alpha value is -1.89. The summed E-state index contributed by atoms with van der Waals surface area (Å²) in [6, 6.07) is 4.70. The number of hydrogen-bond acceptors (Lipinski definition) is 5. The molecule has 1 aliphatic heterocycles. The largest absolute Gasteiger partial charge is 0.497 e. The summed E-state index contributed by atoms with van der Waals surface area (Å²) in [5.74, 6) is -0.868. The molecule has 0 saturated carbocycles. The van der Waals surface area contributed by atoms with Gasteiger partial charge in [0.1, 0.15) is 5.75 Å². The standard InChI is InChI=1S/C14H17NO5S/c1-3-7-21(18,19)8-6-15-12-9-10(20-2)4-5-11(12)13(16)14(15)17/h4-5,9H,3,6-8H2,1-2H3. The number of carbonyl (C=O) groups excluding carboxylic acids is 2. The fourth-order valence-corrected chi connectivity index (χ4v) is 3.55. The summed E-state index contributed by atoms with van der Waals surface area (Å²) >= 11 is 0. The molecule has 0 saturated heterocycles. The Kier molecular flexibility index (Phi) is 4.32. The third kappa shape index (κ3) is 3.07. The predicted octanol–water partition coefficient (Wildman–Crippen LogP) is 1.05. The molecular weight excluding hydrogens is 294 g/mol. The summed E-state index contributed by atoms with van der Waals surface area (Å²) in [5.41, 5.74) is 0.699. The lowest BCUT2D eigenvalue weighted by Gasteiger charge is -2.16. The van der Waals surface area contributed by atoms with Crippen LogP contribution in [0.2, 0.25) is 0 Å². The lowest BCUT2D eigenvalue weighted by Crippen LogP contribution is -2.34. The van der Waals surface area contributed by atoms with Crippen molar-refractivity contribution in [3.8, 4) is 5.75 Å². The van der Waals surface area contributed by atoms with Crippen LogP contribution in [-0.4, -0.2) is 45.3 Å². The van der Waals surface area contributed by atoms with E-state index in [-0.39, 0.29) is 23.6 Å². The SMILES string of the molecule is CCCS(=O)(=O)CCN1C(=O)C(=O)c2ccc(OC)cc21. The van der Waals surface area contributed by atoms with Crippen LogP contribution in [0.4, 0.5) is 5.69 Å². The molecule has 0 unspecified atom stereocenters. The van der Waals surface area contributed by atoms with Gasteiger partial charge in [0, 0.05) is 18.4 Å². The van der Waals surface area contributed by atoms with Gasteiger partial charge in [0.2, 0.25) is 0 Å².